The van der Waals surface area contributed by atoms with Gasteiger partial charge in [-0.25, -0.2) is 13.4 Å². The first-order chi connectivity index (χ1) is 10.8. The van der Waals surface area contributed by atoms with Crippen molar-refractivity contribution in [3.63, 3.8) is 0 Å². The van der Waals surface area contributed by atoms with Crippen LogP contribution in [0.1, 0.15) is 13.3 Å². The van der Waals surface area contributed by atoms with Gasteiger partial charge in [0.1, 0.15) is 11.8 Å². The maximum atomic E-state index is 11.9. The topological polar surface area (TPSA) is 68.2 Å². The van der Waals surface area contributed by atoms with Crippen LogP contribution in [0.4, 0.5) is 0 Å². The lowest BCUT2D eigenvalue weighted by Gasteiger charge is -2.43. The standard InChI is InChI=1S/C15H21ClN2O4S/c1-10-3-4-13(16)17-15-14(12(10)9-23(2,19)20)22-8-11-7-21-6-5-18(11)15/h4,10-11H,3,5-9H2,1-2H3/b13-4+,14-12?,17-15?. The Morgan fingerprint density at radius 3 is 2.96 bits per heavy atom. The summed E-state index contributed by atoms with van der Waals surface area (Å²) in [6.45, 7) is 4.34. The van der Waals surface area contributed by atoms with Crippen LogP contribution in [0, 0.1) is 5.92 Å². The van der Waals surface area contributed by atoms with Gasteiger partial charge in [0.2, 0.25) is 0 Å². The monoisotopic (exact) mass is 360 g/mol. The van der Waals surface area contributed by atoms with Gasteiger partial charge >= 0.3 is 0 Å². The van der Waals surface area contributed by atoms with Crippen molar-refractivity contribution in [3.05, 3.63) is 22.6 Å². The Morgan fingerprint density at radius 2 is 2.22 bits per heavy atom. The van der Waals surface area contributed by atoms with Gasteiger partial charge < -0.3 is 14.4 Å². The van der Waals surface area contributed by atoms with Gasteiger partial charge in [0.05, 0.1) is 25.0 Å². The molecule has 3 aliphatic heterocycles. The lowest BCUT2D eigenvalue weighted by Crippen LogP contribution is -2.55. The van der Waals surface area contributed by atoms with Crippen LogP contribution in [0.25, 0.3) is 0 Å². The van der Waals surface area contributed by atoms with Gasteiger partial charge in [-0.15, -0.1) is 0 Å². The second-order valence-electron chi connectivity index (χ2n) is 6.26. The van der Waals surface area contributed by atoms with E-state index in [0.29, 0.717) is 49.5 Å². The Labute approximate surface area is 141 Å². The molecule has 23 heavy (non-hydrogen) atoms. The number of amidine groups is 1. The molecule has 0 aliphatic carbocycles. The third-order valence-corrected chi connectivity index (χ3v) is 5.35. The number of allylic oxidation sites excluding steroid dienone is 1. The number of hydrogen-bond acceptors (Lipinski definition) is 6. The number of fused-ring (bicyclic) bond motifs is 3. The van der Waals surface area contributed by atoms with Crippen LogP contribution in [-0.2, 0) is 19.3 Å². The minimum atomic E-state index is -3.17. The maximum absolute atomic E-state index is 11.9. The molecule has 0 amide bonds. The number of nitrogens with zero attached hydrogens (tertiary/aromatic N) is 2. The summed E-state index contributed by atoms with van der Waals surface area (Å²) < 4.78 is 35.2. The van der Waals surface area contributed by atoms with Crippen LogP contribution in [0.5, 0.6) is 0 Å². The molecule has 0 aromatic carbocycles. The van der Waals surface area contributed by atoms with E-state index in [1.165, 1.54) is 6.26 Å². The van der Waals surface area contributed by atoms with E-state index in [-0.39, 0.29) is 17.7 Å². The first-order valence-corrected chi connectivity index (χ1v) is 10.1. The van der Waals surface area contributed by atoms with E-state index in [1.807, 2.05) is 13.0 Å². The zero-order valence-corrected chi connectivity index (χ0v) is 14.9. The minimum absolute atomic E-state index is 0.0246. The average molecular weight is 361 g/mol. The number of halogens is 1. The van der Waals surface area contributed by atoms with Crippen LogP contribution in [0.2, 0.25) is 0 Å². The van der Waals surface area contributed by atoms with E-state index in [2.05, 4.69) is 9.89 Å². The summed E-state index contributed by atoms with van der Waals surface area (Å²) in [6, 6.07) is 0.0879. The Bertz CT molecular complexity index is 684. The first-order valence-electron chi connectivity index (χ1n) is 7.68. The average Bonchev–Trinajstić information content (AvgIpc) is 2.49. The molecule has 0 saturated carbocycles. The summed E-state index contributed by atoms with van der Waals surface area (Å²) in [5, 5.41) is 0.415. The van der Waals surface area contributed by atoms with E-state index in [1.54, 1.807) is 0 Å². The molecule has 0 aromatic rings. The predicted octanol–water partition coefficient (Wildman–Crippen LogP) is 1.53. The highest BCUT2D eigenvalue weighted by atomic mass is 35.5. The molecule has 6 nitrogen and oxygen atoms in total. The van der Waals surface area contributed by atoms with Gasteiger partial charge in [0.25, 0.3) is 0 Å². The lowest BCUT2D eigenvalue weighted by atomic mass is 9.95. The Balaban J connectivity index is 2.09. The highest BCUT2D eigenvalue weighted by Gasteiger charge is 2.37. The third-order valence-electron chi connectivity index (χ3n) is 4.28. The first kappa shape index (κ1) is 16.8. The number of morpholine rings is 2. The molecule has 3 rings (SSSR count). The van der Waals surface area contributed by atoms with Crippen LogP contribution < -0.4 is 0 Å². The highest BCUT2D eigenvalue weighted by molar-refractivity contribution is 7.90. The molecule has 2 atom stereocenters. The SMILES string of the molecule is CC1C/C=C(\Cl)N=C2C(=C1CS(C)(=O)=O)OCC1COCCN21. The molecule has 0 spiro atoms. The van der Waals surface area contributed by atoms with E-state index in [0.717, 1.165) is 5.57 Å². The molecule has 3 heterocycles. The van der Waals surface area contributed by atoms with Gasteiger partial charge in [-0.05, 0) is 24.0 Å². The fourth-order valence-electron chi connectivity index (χ4n) is 3.07. The molecule has 3 aliphatic rings. The molecule has 2 fully saturated rings. The quantitative estimate of drug-likeness (QED) is 0.699. The van der Waals surface area contributed by atoms with Gasteiger partial charge in [-0.3, -0.25) is 0 Å². The molecule has 0 bridgehead atoms. The van der Waals surface area contributed by atoms with Crippen molar-refractivity contribution in [1.82, 2.24) is 4.90 Å². The minimum Gasteiger partial charge on any atom is -0.487 e. The molecular weight excluding hydrogens is 340 g/mol. The molecule has 2 unspecified atom stereocenters. The number of hydrogen-bond donors (Lipinski definition) is 0. The fourth-order valence-corrected chi connectivity index (χ4v) is 4.22. The number of sulfone groups is 1. The third kappa shape index (κ3) is 3.72. The molecule has 2 saturated heterocycles. The van der Waals surface area contributed by atoms with Gasteiger partial charge in [-0.1, -0.05) is 18.5 Å². The fraction of sp³-hybridized carbons (Fsp3) is 0.667. The van der Waals surface area contributed by atoms with E-state index < -0.39 is 9.84 Å². The summed E-state index contributed by atoms with van der Waals surface area (Å²) in [5.41, 5.74) is 0.775. The van der Waals surface area contributed by atoms with Crippen LogP contribution in [-0.4, -0.2) is 63.6 Å². The zero-order valence-electron chi connectivity index (χ0n) is 13.3. The second-order valence-corrected chi connectivity index (χ2v) is 8.78. The number of aliphatic imine (C=N–C) groups is 1. The van der Waals surface area contributed by atoms with Crippen molar-refractivity contribution in [3.8, 4) is 0 Å². The van der Waals surface area contributed by atoms with Crippen molar-refractivity contribution in [1.29, 1.82) is 0 Å². The van der Waals surface area contributed by atoms with E-state index >= 15 is 0 Å². The summed E-state index contributed by atoms with van der Waals surface area (Å²) in [7, 11) is -3.17. The normalized spacial score (nSPS) is 31.0. The summed E-state index contributed by atoms with van der Waals surface area (Å²) in [4.78, 5) is 6.62. The molecule has 0 aromatic heterocycles. The van der Waals surface area contributed by atoms with Crippen LogP contribution in [0.15, 0.2) is 27.6 Å². The van der Waals surface area contributed by atoms with E-state index in [9.17, 15) is 8.42 Å². The summed E-state index contributed by atoms with van der Waals surface area (Å²) in [5.74, 6) is 1.21. The molecule has 0 radical (unpaired) electrons. The number of ether oxygens (including phenoxy) is 2. The summed E-state index contributed by atoms with van der Waals surface area (Å²) >= 11 is 6.21. The van der Waals surface area contributed by atoms with Crippen molar-refractivity contribution >= 4 is 27.3 Å². The zero-order chi connectivity index (χ0) is 16.6. The van der Waals surface area contributed by atoms with E-state index in [4.69, 9.17) is 21.1 Å². The highest BCUT2D eigenvalue weighted by Crippen LogP contribution is 2.31. The Morgan fingerprint density at radius 1 is 1.43 bits per heavy atom. The molecule has 128 valence electrons. The van der Waals surface area contributed by atoms with Crippen molar-refractivity contribution in [2.75, 3.05) is 38.4 Å². The van der Waals surface area contributed by atoms with Gasteiger partial charge in [0.15, 0.2) is 21.4 Å². The number of rotatable bonds is 2. The van der Waals surface area contributed by atoms with Crippen LogP contribution in [0.3, 0.4) is 0 Å². The molecule has 0 N–H and O–H groups in total. The van der Waals surface area contributed by atoms with Gasteiger partial charge in [0, 0.05) is 12.8 Å². The molecule has 8 heteroatoms. The molecular formula is C15H21ClN2O4S. The predicted molar refractivity (Wildman–Crippen MR) is 89.2 cm³/mol. The maximum Gasteiger partial charge on any atom is 0.173 e. The van der Waals surface area contributed by atoms with Crippen LogP contribution >= 0.6 is 11.6 Å². The van der Waals surface area contributed by atoms with Crippen molar-refractivity contribution in [2.24, 2.45) is 10.9 Å². The Kier molecular flexibility index (Phi) is 4.71. The largest absolute Gasteiger partial charge is 0.487 e. The lowest BCUT2D eigenvalue weighted by molar-refractivity contribution is -0.0158. The van der Waals surface area contributed by atoms with Crippen molar-refractivity contribution < 1.29 is 17.9 Å². The van der Waals surface area contributed by atoms with Crippen molar-refractivity contribution in [2.45, 2.75) is 19.4 Å². The van der Waals surface area contributed by atoms with Gasteiger partial charge in [-0.2, -0.15) is 0 Å². The smallest absolute Gasteiger partial charge is 0.173 e. The Hall–Kier alpha value is -1.05. The second kappa shape index (κ2) is 6.45. The summed E-state index contributed by atoms with van der Waals surface area (Å²) in [6.07, 6.45) is 3.72.